The Bertz CT molecular complexity index is 1520. The lowest BCUT2D eigenvalue weighted by Crippen LogP contribution is -2.04. The first-order chi connectivity index (χ1) is 15.3. The van der Waals surface area contributed by atoms with E-state index in [-0.39, 0.29) is 6.42 Å². The molecular weight excluding hydrogens is 442 g/mol. The van der Waals surface area contributed by atoms with E-state index in [1.54, 1.807) is 11.3 Å². The van der Waals surface area contributed by atoms with Gasteiger partial charge >= 0.3 is 5.97 Å². The number of carbonyl (C=O) groups is 1. The standard InChI is InChI=1S/C25H20ClN3O2S/c1-13-10-20-24(23(18(13)12-22(30)31)15-4-7-17(26)8-5-15)32-25(28-20)16-6-9-21-19(11-16)27-14(2)29(21)3/h4-11H,12H2,1-3H3,(H,30,31). The summed E-state index contributed by atoms with van der Waals surface area (Å²) in [4.78, 5) is 21.2. The summed E-state index contributed by atoms with van der Waals surface area (Å²) >= 11 is 7.68. The van der Waals surface area contributed by atoms with Crippen LogP contribution in [0.5, 0.6) is 0 Å². The van der Waals surface area contributed by atoms with Crippen molar-refractivity contribution in [2.24, 2.45) is 7.05 Å². The molecule has 0 amide bonds. The van der Waals surface area contributed by atoms with E-state index in [2.05, 4.69) is 27.8 Å². The summed E-state index contributed by atoms with van der Waals surface area (Å²) in [6.45, 7) is 3.93. The summed E-state index contributed by atoms with van der Waals surface area (Å²) in [5.41, 5.74) is 7.44. The maximum atomic E-state index is 11.6. The van der Waals surface area contributed by atoms with Crippen molar-refractivity contribution in [1.82, 2.24) is 14.5 Å². The van der Waals surface area contributed by atoms with E-state index in [4.69, 9.17) is 16.6 Å². The Morgan fingerprint density at radius 2 is 1.75 bits per heavy atom. The highest BCUT2D eigenvalue weighted by molar-refractivity contribution is 7.22. The van der Waals surface area contributed by atoms with Crippen molar-refractivity contribution in [3.05, 3.63) is 70.5 Å². The fourth-order valence-electron chi connectivity index (χ4n) is 4.11. The van der Waals surface area contributed by atoms with E-state index < -0.39 is 5.97 Å². The first kappa shape index (κ1) is 20.7. The highest BCUT2D eigenvalue weighted by atomic mass is 35.5. The molecule has 5 aromatic rings. The fraction of sp³-hybridized carbons (Fsp3) is 0.160. The molecule has 0 aliphatic carbocycles. The van der Waals surface area contributed by atoms with Crippen LogP contribution >= 0.6 is 22.9 Å². The van der Waals surface area contributed by atoms with Crippen LogP contribution in [0.4, 0.5) is 0 Å². The van der Waals surface area contributed by atoms with Crippen molar-refractivity contribution in [3.8, 4) is 21.7 Å². The van der Waals surface area contributed by atoms with Crippen molar-refractivity contribution in [1.29, 1.82) is 0 Å². The summed E-state index contributed by atoms with van der Waals surface area (Å²) in [6.07, 6.45) is -0.0495. The molecule has 2 heterocycles. The maximum absolute atomic E-state index is 11.6. The van der Waals surface area contributed by atoms with Crippen molar-refractivity contribution in [2.75, 3.05) is 0 Å². The number of hydrogen-bond donors (Lipinski definition) is 1. The maximum Gasteiger partial charge on any atom is 0.307 e. The zero-order chi connectivity index (χ0) is 22.6. The van der Waals surface area contributed by atoms with Gasteiger partial charge in [-0.3, -0.25) is 4.79 Å². The number of rotatable bonds is 4. The van der Waals surface area contributed by atoms with Crippen molar-refractivity contribution in [3.63, 3.8) is 0 Å². The summed E-state index contributed by atoms with van der Waals surface area (Å²) in [5, 5.41) is 11.1. The number of thiazole rings is 1. The molecule has 5 nitrogen and oxygen atoms in total. The first-order valence-electron chi connectivity index (χ1n) is 10.2. The molecule has 7 heteroatoms. The number of benzene rings is 3. The van der Waals surface area contributed by atoms with Crippen LogP contribution in [0.1, 0.15) is 17.0 Å². The number of fused-ring (bicyclic) bond motifs is 2. The number of aliphatic carboxylic acids is 1. The number of nitrogens with zero attached hydrogens (tertiary/aromatic N) is 3. The Morgan fingerprint density at radius 3 is 2.47 bits per heavy atom. The lowest BCUT2D eigenvalue weighted by molar-refractivity contribution is -0.136. The molecule has 0 fully saturated rings. The van der Waals surface area contributed by atoms with Crippen LogP contribution in [0.15, 0.2) is 48.5 Å². The monoisotopic (exact) mass is 461 g/mol. The van der Waals surface area contributed by atoms with Gasteiger partial charge in [-0.05, 0) is 66.9 Å². The summed E-state index contributed by atoms with van der Waals surface area (Å²) < 4.78 is 3.04. The van der Waals surface area contributed by atoms with E-state index in [9.17, 15) is 9.90 Å². The van der Waals surface area contributed by atoms with Gasteiger partial charge in [0.25, 0.3) is 0 Å². The minimum absolute atomic E-state index is 0.0495. The molecule has 0 radical (unpaired) electrons. The second-order valence-electron chi connectivity index (χ2n) is 7.91. The molecule has 0 saturated carbocycles. The lowest BCUT2D eigenvalue weighted by atomic mass is 9.93. The molecule has 0 spiro atoms. The van der Waals surface area contributed by atoms with Gasteiger partial charge in [0.15, 0.2) is 0 Å². The van der Waals surface area contributed by atoms with E-state index in [1.165, 1.54) is 0 Å². The van der Waals surface area contributed by atoms with Gasteiger partial charge in [-0.2, -0.15) is 0 Å². The third kappa shape index (κ3) is 3.45. The zero-order valence-corrected chi connectivity index (χ0v) is 19.4. The van der Waals surface area contributed by atoms with E-state index >= 15 is 0 Å². The largest absolute Gasteiger partial charge is 0.481 e. The molecule has 160 valence electrons. The molecule has 0 bridgehead atoms. The molecule has 0 aliphatic heterocycles. The molecule has 0 saturated heterocycles. The van der Waals surface area contributed by atoms with Gasteiger partial charge in [0.2, 0.25) is 0 Å². The van der Waals surface area contributed by atoms with Crippen LogP contribution < -0.4 is 0 Å². The van der Waals surface area contributed by atoms with E-state index in [1.807, 2.05) is 51.2 Å². The molecule has 2 aromatic heterocycles. The Hall–Kier alpha value is -3.22. The Morgan fingerprint density at radius 1 is 1.03 bits per heavy atom. The Kier molecular flexibility index (Phi) is 4.99. The number of carboxylic acids is 1. The van der Waals surface area contributed by atoms with Crippen molar-refractivity contribution >= 4 is 50.2 Å². The Labute approximate surface area is 193 Å². The average Bonchev–Trinajstić information content (AvgIpc) is 3.29. The van der Waals surface area contributed by atoms with Gasteiger partial charge in [0.05, 0.1) is 27.7 Å². The van der Waals surface area contributed by atoms with Crippen LogP contribution in [0, 0.1) is 13.8 Å². The van der Waals surface area contributed by atoms with Gasteiger partial charge in [-0.1, -0.05) is 23.7 Å². The minimum Gasteiger partial charge on any atom is -0.481 e. The summed E-state index contributed by atoms with van der Waals surface area (Å²) in [5.74, 6) is 0.101. The second kappa shape index (κ2) is 7.73. The van der Waals surface area contributed by atoms with Crippen LogP contribution in [-0.2, 0) is 18.3 Å². The number of aromatic nitrogens is 3. The number of hydrogen-bond acceptors (Lipinski definition) is 4. The third-order valence-corrected chi connectivity index (χ3v) is 7.21. The minimum atomic E-state index is -0.858. The average molecular weight is 462 g/mol. The first-order valence-corrected chi connectivity index (χ1v) is 11.4. The second-order valence-corrected chi connectivity index (χ2v) is 9.35. The van der Waals surface area contributed by atoms with Crippen LogP contribution in [0.3, 0.4) is 0 Å². The van der Waals surface area contributed by atoms with Crippen LogP contribution in [-0.4, -0.2) is 25.6 Å². The van der Waals surface area contributed by atoms with Gasteiger partial charge in [0.1, 0.15) is 10.8 Å². The number of halogens is 1. The predicted molar refractivity (Wildman–Crippen MR) is 131 cm³/mol. The SMILES string of the molecule is Cc1cc2nc(-c3ccc4c(c3)nc(C)n4C)sc2c(-c2ccc(Cl)cc2)c1CC(=O)O. The highest BCUT2D eigenvalue weighted by Crippen LogP contribution is 2.41. The van der Waals surface area contributed by atoms with Crippen molar-refractivity contribution in [2.45, 2.75) is 20.3 Å². The molecule has 0 unspecified atom stereocenters. The molecule has 0 aliphatic rings. The van der Waals surface area contributed by atoms with Gasteiger partial charge in [0, 0.05) is 23.2 Å². The molecular formula is C25H20ClN3O2S. The highest BCUT2D eigenvalue weighted by Gasteiger charge is 2.20. The molecule has 32 heavy (non-hydrogen) atoms. The quantitative estimate of drug-likeness (QED) is 0.335. The van der Waals surface area contributed by atoms with Crippen molar-refractivity contribution < 1.29 is 9.90 Å². The molecule has 3 aromatic carbocycles. The number of carboxylic acid groups (broad SMARTS) is 1. The molecule has 1 N–H and O–H groups in total. The smallest absolute Gasteiger partial charge is 0.307 e. The Balaban J connectivity index is 1.75. The van der Waals surface area contributed by atoms with E-state index in [0.29, 0.717) is 5.02 Å². The molecule has 0 atom stereocenters. The van der Waals surface area contributed by atoms with Gasteiger partial charge in [-0.15, -0.1) is 11.3 Å². The fourth-order valence-corrected chi connectivity index (χ4v) is 5.37. The lowest BCUT2D eigenvalue weighted by Gasteiger charge is -2.13. The number of imidazole rings is 1. The van der Waals surface area contributed by atoms with Crippen LogP contribution in [0.2, 0.25) is 5.02 Å². The normalized spacial score (nSPS) is 11.5. The zero-order valence-electron chi connectivity index (χ0n) is 17.8. The van der Waals surface area contributed by atoms with Crippen LogP contribution in [0.25, 0.3) is 42.9 Å². The molecule has 5 rings (SSSR count). The van der Waals surface area contributed by atoms with Gasteiger partial charge in [-0.25, -0.2) is 9.97 Å². The third-order valence-electron chi connectivity index (χ3n) is 5.82. The van der Waals surface area contributed by atoms with E-state index in [0.717, 1.165) is 59.9 Å². The topological polar surface area (TPSA) is 68.0 Å². The summed E-state index contributed by atoms with van der Waals surface area (Å²) in [6, 6.07) is 15.7. The summed E-state index contributed by atoms with van der Waals surface area (Å²) in [7, 11) is 2.01. The van der Waals surface area contributed by atoms with Gasteiger partial charge < -0.3 is 9.67 Å². The predicted octanol–water partition coefficient (Wildman–Crippen LogP) is 6.41. The number of aryl methyl sites for hydroxylation is 3.